The van der Waals surface area contributed by atoms with Crippen LogP contribution in [-0.2, 0) is 17.7 Å². The first kappa shape index (κ1) is 22.4. The first-order chi connectivity index (χ1) is 14.3. The maximum absolute atomic E-state index is 6.16. The monoisotopic (exact) mass is 441 g/mol. The fraction of sp³-hybridized carbons (Fsp3) is 0.333. The average molecular weight is 442 g/mol. The molecule has 0 saturated heterocycles. The minimum Gasteiger partial charge on any atom is -0.483 e. The van der Waals surface area contributed by atoms with E-state index < -0.39 is 0 Å². The molecule has 0 fully saturated rings. The summed E-state index contributed by atoms with van der Waals surface area (Å²) in [5.74, 6) is 2.39. The Labute approximate surface area is 188 Å². The van der Waals surface area contributed by atoms with Gasteiger partial charge in [-0.25, -0.2) is 0 Å². The highest BCUT2D eigenvalue weighted by molar-refractivity contribution is 7.98. The van der Waals surface area contributed by atoms with Crippen molar-refractivity contribution >= 4 is 23.4 Å². The molecule has 0 bridgehead atoms. The fourth-order valence-electron chi connectivity index (χ4n) is 3.03. The Morgan fingerprint density at radius 3 is 2.37 bits per heavy atom. The molecule has 0 aliphatic heterocycles. The van der Waals surface area contributed by atoms with Gasteiger partial charge < -0.3 is 4.74 Å². The molecule has 158 valence electrons. The van der Waals surface area contributed by atoms with E-state index in [2.05, 4.69) is 54.2 Å². The van der Waals surface area contributed by atoms with Gasteiger partial charge in [-0.3, -0.25) is 4.57 Å². The first-order valence-electron chi connectivity index (χ1n) is 9.96. The summed E-state index contributed by atoms with van der Waals surface area (Å²) < 4.78 is 8.22. The van der Waals surface area contributed by atoms with Gasteiger partial charge in [0, 0.05) is 17.3 Å². The third-order valence-corrected chi connectivity index (χ3v) is 6.03. The predicted molar refractivity (Wildman–Crippen MR) is 125 cm³/mol. The normalized spacial score (nSPS) is 12.6. The minimum atomic E-state index is -0.234. The van der Waals surface area contributed by atoms with E-state index in [0.29, 0.717) is 6.54 Å². The highest BCUT2D eigenvalue weighted by atomic mass is 35.5. The lowest BCUT2D eigenvalue weighted by molar-refractivity contribution is 0.210. The van der Waals surface area contributed by atoms with E-state index >= 15 is 0 Å². The summed E-state index contributed by atoms with van der Waals surface area (Å²) in [5.41, 5.74) is 2.57. The zero-order chi connectivity index (χ0) is 21.7. The molecule has 3 rings (SSSR count). The molecule has 1 unspecified atom stereocenters. The number of aromatic nitrogens is 3. The smallest absolute Gasteiger partial charge is 0.191 e. The van der Waals surface area contributed by atoms with Gasteiger partial charge in [0.2, 0.25) is 0 Å². The lowest BCUT2D eigenvalue weighted by Gasteiger charge is -2.20. The Hall–Kier alpha value is -2.24. The maximum atomic E-state index is 6.16. The third-order valence-electron chi connectivity index (χ3n) is 4.74. The van der Waals surface area contributed by atoms with Crippen LogP contribution in [0.5, 0.6) is 5.75 Å². The van der Waals surface area contributed by atoms with Crippen LogP contribution in [0.25, 0.3) is 0 Å². The van der Waals surface area contributed by atoms with E-state index in [1.807, 2.05) is 49.4 Å². The molecular weight excluding hydrogens is 414 g/mol. The average Bonchev–Trinajstić information content (AvgIpc) is 3.10. The summed E-state index contributed by atoms with van der Waals surface area (Å²) in [7, 11) is 0. The summed E-state index contributed by atoms with van der Waals surface area (Å²) in [6, 6.07) is 16.1. The van der Waals surface area contributed by atoms with Gasteiger partial charge in [0.15, 0.2) is 17.1 Å². The largest absolute Gasteiger partial charge is 0.483 e. The molecule has 4 nitrogen and oxygen atoms in total. The highest BCUT2D eigenvalue weighted by Crippen LogP contribution is 2.29. The van der Waals surface area contributed by atoms with E-state index in [9.17, 15) is 0 Å². The molecule has 1 heterocycles. The van der Waals surface area contributed by atoms with Crippen LogP contribution < -0.4 is 4.74 Å². The van der Waals surface area contributed by atoms with E-state index in [4.69, 9.17) is 16.3 Å². The fourth-order valence-corrected chi connectivity index (χ4v) is 4.06. The topological polar surface area (TPSA) is 39.9 Å². The van der Waals surface area contributed by atoms with Gasteiger partial charge in [-0.2, -0.15) is 0 Å². The number of ether oxygens (including phenoxy) is 1. The standard InChI is InChI=1S/C24H28ClN3OS/c1-6-15-28-22(17(2)29-21-13-9-19(10-14-21)24(3,4)5)26-27-23(28)30-16-18-7-11-20(25)12-8-18/h6-14,17H,1,15-16H2,2-5H3. The number of hydrogen-bond donors (Lipinski definition) is 0. The molecule has 0 aliphatic rings. The van der Waals surface area contributed by atoms with Gasteiger partial charge in [-0.05, 0) is 47.7 Å². The number of nitrogens with zero attached hydrogens (tertiary/aromatic N) is 3. The Morgan fingerprint density at radius 2 is 1.77 bits per heavy atom. The second-order valence-corrected chi connectivity index (χ2v) is 9.57. The predicted octanol–water partition coefficient (Wildman–Crippen LogP) is 6.85. The lowest BCUT2D eigenvalue weighted by Crippen LogP contribution is -2.13. The second-order valence-electron chi connectivity index (χ2n) is 8.19. The maximum Gasteiger partial charge on any atom is 0.191 e. The molecule has 3 aromatic rings. The van der Waals surface area contributed by atoms with Crippen LogP contribution >= 0.6 is 23.4 Å². The van der Waals surface area contributed by atoms with E-state index in [-0.39, 0.29) is 11.5 Å². The van der Waals surface area contributed by atoms with E-state index in [1.165, 1.54) is 11.1 Å². The van der Waals surface area contributed by atoms with Crippen molar-refractivity contribution in [3.63, 3.8) is 0 Å². The van der Waals surface area contributed by atoms with Gasteiger partial charge in [-0.15, -0.1) is 16.8 Å². The molecule has 0 radical (unpaired) electrons. The Balaban J connectivity index is 1.72. The van der Waals surface area contributed by atoms with Gasteiger partial charge in [0.25, 0.3) is 0 Å². The second kappa shape index (κ2) is 9.71. The lowest BCUT2D eigenvalue weighted by atomic mass is 9.87. The van der Waals surface area contributed by atoms with Crippen molar-refractivity contribution in [2.45, 2.75) is 56.7 Å². The number of allylic oxidation sites excluding steroid dienone is 1. The number of rotatable bonds is 8. The first-order valence-corrected chi connectivity index (χ1v) is 11.3. The molecular formula is C24H28ClN3OS. The molecule has 2 aromatic carbocycles. The van der Waals surface area contributed by atoms with Crippen LogP contribution in [0.4, 0.5) is 0 Å². The molecule has 0 N–H and O–H groups in total. The minimum absolute atomic E-state index is 0.116. The molecule has 0 spiro atoms. The van der Waals surface area contributed by atoms with Crippen LogP contribution in [0.3, 0.4) is 0 Å². The van der Waals surface area contributed by atoms with E-state index in [1.54, 1.807) is 11.8 Å². The quantitative estimate of drug-likeness (QED) is 0.283. The zero-order valence-corrected chi connectivity index (χ0v) is 19.5. The summed E-state index contributed by atoms with van der Waals surface area (Å²) in [5, 5.41) is 10.4. The van der Waals surface area contributed by atoms with Crippen molar-refractivity contribution in [2.75, 3.05) is 0 Å². The van der Waals surface area contributed by atoms with Crippen molar-refractivity contribution < 1.29 is 4.74 Å². The number of thioether (sulfide) groups is 1. The van der Waals surface area contributed by atoms with Crippen LogP contribution in [0.15, 0.2) is 66.3 Å². The van der Waals surface area contributed by atoms with Crippen molar-refractivity contribution in [1.29, 1.82) is 0 Å². The number of halogens is 1. The summed E-state index contributed by atoms with van der Waals surface area (Å²) in [6.45, 7) is 13.1. The van der Waals surface area contributed by atoms with Crippen molar-refractivity contribution in [3.05, 3.63) is 83.2 Å². The Kier molecular flexibility index (Phi) is 7.27. The Morgan fingerprint density at radius 1 is 1.10 bits per heavy atom. The molecule has 0 aliphatic carbocycles. The van der Waals surface area contributed by atoms with Crippen LogP contribution in [0.1, 0.15) is 50.8 Å². The molecule has 1 aromatic heterocycles. The van der Waals surface area contributed by atoms with Crippen molar-refractivity contribution in [3.8, 4) is 5.75 Å². The molecule has 0 saturated carbocycles. The number of hydrogen-bond acceptors (Lipinski definition) is 4. The van der Waals surface area contributed by atoms with Crippen LogP contribution in [-0.4, -0.2) is 14.8 Å². The van der Waals surface area contributed by atoms with Crippen molar-refractivity contribution in [1.82, 2.24) is 14.8 Å². The summed E-state index contributed by atoms with van der Waals surface area (Å²) in [6.07, 6.45) is 1.62. The summed E-state index contributed by atoms with van der Waals surface area (Å²) >= 11 is 7.61. The summed E-state index contributed by atoms with van der Waals surface area (Å²) in [4.78, 5) is 0. The third kappa shape index (κ3) is 5.67. The van der Waals surface area contributed by atoms with Gasteiger partial charge in [0.05, 0.1) is 0 Å². The van der Waals surface area contributed by atoms with Crippen molar-refractivity contribution in [2.24, 2.45) is 0 Å². The molecule has 1 atom stereocenters. The highest BCUT2D eigenvalue weighted by Gasteiger charge is 2.20. The van der Waals surface area contributed by atoms with Crippen LogP contribution in [0.2, 0.25) is 5.02 Å². The van der Waals surface area contributed by atoms with Gasteiger partial charge in [0.1, 0.15) is 5.75 Å². The number of benzene rings is 2. The Bertz CT molecular complexity index is 975. The van der Waals surface area contributed by atoms with Gasteiger partial charge in [-0.1, -0.05) is 74.5 Å². The van der Waals surface area contributed by atoms with Gasteiger partial charge >= 0.3 is 0 Å². The zero-order valence-electron chi connectivity index (χ0n) is 17.9. The van der Waals surface area contributed by atoms with Crippen LogP contribution in [0, 0.1) is 0 Å². The molecule has 6 heteroatoms. The van der Waals surface area contributed by atoms with E-state index in [0.717, 1.165) is 27.5 Å². The SMILES string of the molecule is C=CCn1c(SCc2ccc(Cl)cc2)nnc1C(C)Oc1ccc(C(C)(C)C)cc1. The molecule has 30 heavy (non-hydrogen) atoms. The molecule has 0 amide bonds.